The summed E-state index contributed by atoms with van der Waals surface area (Å²) < 4.78 is 18.5. The Hall–Kier alpha value is -2.69. The van der Waals surface area contributed by atoms with E-state index < -0.39 is 6.10 Å². The zero-order valence-corrected chi connectivity index (χ0v) is 13.9. The van der Waals surface area contributed by atoms with Gasteiger partial charge in [-0.05, 0) is 50.6 Å². The van der Waals surface area contributed by atoms with Crippen LogP contribution in [0.3, 0.4) is 0 Å². The van der Waals surface area contributed by atoms with E-state index in [0.717, 1.165) is 5.56 Å². The molecular weight excluding hydrogens is 309 g/mol. The number of rotatable bonds is 6. The Morgan fingerprint density at radius 2 is 1.75 bits per heavy atom. The Morgan fingerprint density at radius 1 is 1.08 bits per heavy atom. The molecule has 1 N–H and O–H groups in total. The summed E-state index contributed by atoms with van der Waals surface area (Å²) in [6.07, 6.45) is -0.727. The number of hydrogen-bond acceptors (Lipinski definition) is 3. The van der Waals surface area contributed by atoms with Gasteiger partial charge in [-0.25, -0.2) is 4.39 Å². The van der Waals surface area contributed by atoms with Crippen molar-refractivity contribution in [1.29, 1.82) is 0 Å². The van der Waals surface area contributed by atoms with Gasteiger partial charge in [0.2, 0.25) is 0 Å². The monoisotopic (exact) mass is 329 g/mol. The quantitative estimate of drug-likeness (QED) is 0.823. The summed E-state index contributed by atoms with van der Waals surface area (Å²) in [6, 6.07) is 12.4. The molecule has 0 aliphatic rings. The lowest BCUT2D eigenvalue weighted by molar-refractivity contribution is -0.127. The average molecular weight is 329 g/mol. The van der Waals surface area contributed by atoms with Gasteiger partial charge < -0.3 is 10.1 Å². The molecule has 0 aliphatic heterocycles. The number of nitrogens with one attached hydrogen (secondary N) is 1. The number of ether oxygens (including phenoxy) is 1. The molecule has 0 aliphatic carbocycles. The van der Waals surface area contributed by atoms with Crippen molar-refractivity contribution in [2.45, 2.75) is 32.9 Å². The van der Waals surface area contributed by atoms with E-state index in [1.54, 1.807) is 43.3 Å². The molecule has 0 heterocycles. The van der Waals surface area contributed by atoms with Gasteiger partial charge in [-0.15, -0.1) is 0 Å². The number of benzene rings is 2. The molecule has 0 saturated heterocycles. The smallest absolute Gasteiger partial charge is 0.261 e. The van der Waals surface area contributed by atoms with Crippen molar-refractivity contribution in [3.63, 3.8) is 0 Å². The zero-order chi connectivity index (χ0) is 17.7. The number of carbonyl (C=O) groups excluding carboxylic acids is 2. The Balaban J connectivity index is 1.98. The number of carbonyl (C=O) groups is 2. The first-order valence-corrected chi connectivity index (χ1v) is 7.70. The minimum absolute atomic E-state index is 0.0671. The standard InChI is InChI=1S/C19H20FNO3/c1-12(15-7-9-17(20)10-8-15)21-19(23)14(3)24-18-6-4-5-16(11-18)13(2)22/h4-12,14H,1-3H3,(H,21,23). The Kier molecular flexibility index (Phi) is 5.68. The van der Waals surface area contributed by atoms with E-state index in [0.29, 0.717) is 11.3 Å². The maximum Gasteiger partial charge on any atom is 0.261 e. The fourth-order valence-corrected chi connectivity index (χ4v) is 2.21. The molecule has 24 heavy (non-hydrogen) atoms. The van der Waals surface area contributed by atoms with Crippen molar-refractivity contribution in [1.82, 2.24) is 5.32 Å². The molecule has 2 atom stereocenters. The summed E-state index contributed by atoms with van der Waals surface area (Å²) in [5.41, 5.74) is 1.33. The van der Waals surface area contributed by atoms with Crippen LogP contribution in [0.2, 0.25) is 0 Å². The molecule has 0 saturated carbocycles. The second kappa shape index (κ2) is 7.73. The predicted octanol–water partition coefficient (Wildman–Crippen LogP) is 3.67. The van der Waals surface area contributed by atoms with Crippen LogP contribution in [-0.2, 0) is 4.79 Å². The van der Waals surface area contributed by atoms with Crippen molar-refractivity contribution in [2.75, 3.05) is 0 Å². The summed E-state index contributed by atoms with van der Waals surface area (Å²) >= 11 is 0. The Labute approximate surface area is 140 Å². The van der Waals surface area contributed by atoms with Crippen LogP contribution in [0.1, 0.15) is 42.7 Å². The van der Waals surface area contributed by atoms with Crippen LogP contribution in [0.5, 0.6) is 5.75 Å². The topological polar surface area (TPSA) is 55.4 Å². The molecule has 2 rings (SSSR count). The average Bonchev–Trinajstić information content (AvgIpc) is 2.55. The van der Waals surface area contributed by atoms with Gasteiger partial charge in [-0.1, -0.05) is 24.3 Å². The molecule has 0 spiro atoms. The summed E-state index contributed by atoms with van der Waals surface area (Å²) in [6.45, 7) is 4.92. The van der Waals surface area contributed by atoms with Gasteiger partial charge >= 0.3 is 0 Å². The number of Topliss-reactive ketones (excluding diaryl/α,β-unsaturated/α-hetero) is 1. The van der Waals surface area contributed by atoms with E-state index >= 15 is 0 Å². The third-order valence-electron chi connectivity index (χ3n) is 3.65. The van der Waals surface area contributed by atoms with Gasteiger partial charge in [0.25, 0.3) is 5.91 Å². The molecule has 2 aromatic rings. The van der Waals surface area contributed by atoms with Gasteiger partial charge in [0, 0.05) is 5.56 Å². The number of hydrogen-bond donors (Lipinski definition) is 1. The molecule has 2 aromatic carbocycles. The lowest BCUT2D eigenvalue weighted by atomic mass is 10.1. The minimum atomic E-state index is -0.727. The Morgan fingerprint density at radius 3 is 2.38 bits per heavy atom. The van der Waals surface area contributed by atoms with Crippen molar-refractivity contribution in [3.05, 3.63) is 65.5 Å². The normalized spacial score (nSPS) is 13.0. The first kappa shape index (κ1) is 17.7. The molecule has 0 aromatic heterocycles. The van der Waals surface area contributed by atoms with E-state index in [1.165, 1.54) is 19.1 Å². The highest BCUT2D eigenvalue weighted by Crippen LogP contribution is 2.17. The largest absolute Gasteiger partial charge is 0.481 e. The van der Waals surface area contributed by atoms with Crippen LogP contribution in [0.4, 0.5) is 4.39 Å². The van der Waals surface area contributed by atoms with Crippen molar-refractivity contribution in [3.8, 4) is 5.75 Å². The first-order valence-electron chi connectivity index (χ1n) is 7.70. The second-order valence-corrected chi connectivity index (χ2v) is 5.63. The van der Waals surface area contributed by atoms with Gasteiger partial charge in [-0.3, -0.25) is 9.59 Å². The molecule has 4 nitrogen and oxygen atoms in total. The molecule has 126 valence electrons. The van der Waals surface area contributed by atoms with Crippen molar-refractivity contribution in [2.24, 2.45) is 0 Å². The van der Waals surface area contributed by atoms with Crippen LogP contribution >= 0.6 is 0 Å². The molecular formula is C19H20FNO3. The number of halogens is 1. The van der Waals surface area contributed by atoms with Crippen LogP contribution in [0.15, 0.2) is 48.5 Å². The highest BCUT2D eigenvalue weighted by molar-refractivity contribution is 5.94. The fraction of sp³-hybridized carbons (Fsp3) is 0.263. The molecule has 5 heteroatoms. The van der Waals surface area contributed by atoms with Gasteiger partial charge in [0.1, 0.15) is 11.6 Å². The van der Waals surface area contributed by atoms with Gasteiger partial charge in [0.05, 0.1) is 6.04 Å². The fourth-order valence-electron chi connectivity index (χ4n) is 2.21. The van der Waals surface area contributed by atoms with Crippen LogP contribution < -0.4 is 10.1 Å². The first-order chi connectivity index (χ1) is 11.4. The Bertz CT molecular complexity index is 728. The van der Waals surface area contributed by atoms with E-state index in [2.05, 4.69) is 5.32 Å². The third-order valence-corrected chi connectivity index (χ3v) is 3.65. The van der Waals surface area contributed by atoms with Gasteiger partial charge in [-0.2, -0.15) is 0 Å². The molecule has 0 bridgehead atoms. The maximum absolute atomic E-state index is 12.9. The van der Waals surface area contributed by atoms with Crippen molar-refractivity contribution < 1.29 is 18.7 Å². The maximum atomic E-state index is 12.9. The van der Waals surface area contributed by atoms with Crippen LogP contribution in [0.25, 0.3) is 0 Å². The summed E-state index contributed by atoms with van der Waals surface area (Å²) in [7, 11) is 0. The summed E-state index contributed by atoms with van der Waals surface area (Å²) in [5.74, 6) is -0.221. The lowest BCUT2D eigenvalue weighted by Crippen LogP contribution is -2.37. The van der Waals surface area contributed by atoms with E-state index in [4.69, 9.17) is 4.74 Å². The summed E-state index contributed by atoms with van der Waals surface area (Å²) in [5, 5.41) is 2.82. The van der Waals surface area contributed by atoms with E-state index in [9.17, 15) is 14.0 Å². The summed E-state index contributed by atoms with van der Waals surface area (Å²) in [4.78, 5) is 23.6. The highest BCUT2D eigenvalue weighted by atomic mass is 19.1. The van der Waals surface area contributed by atoms with Crippen LogP contribution in [0, 0.1) is 5.82 Å². The SMILES string of the molecule is CC(=O)c1cccc(OC(C)C(=O)NC(C)c2ccc(F)cc2)c1. The van der Waals surface area contributed by atoms with E-state index in [1.807, 2.05) is 6.92 Å². The number of amides is 1. The predicted molar refractivity (Wildman–Crippen MR) is 89.5 cm³/mol. The minimum Gasteiger partial charge on any atom is -0.481 e. The molecule has 0 fully saturated rings. The lowest BCUT2D eigenvalue weighted by Gasteiger charge is -2.19. The zero-order valence-electron chi connectivity index (χ0n) is 13.9. The van der Waals surface area contributed by atoms with Gasteiger partial charge in [0.15, 0.2) is 11.9 Å². The molecule has 1 amide bonds. The van der Waals surface area contributed by atoms with Crippen molar-refractivity contribution >= 4 is 11.7 Å². The molecule has 2 unspecified atom stereocenters. The second-order valence-electron chi connectivity index (χ2n) is 5.63. The highest BCUT2D eigenvalue weighted by Gasteiger charge is 2.18. The van der Waals surface area contributed by atoms with E-state index in [-0.39, 0.29) is 23.5 Å². The number of ketones is 1. The molecule has 0 radical (unpaired) electrons. The van der Waals surface area contributed by atoms with Crippen LogP contribution in [-0.4, -0.2) is 17.8 Å². The third kappa shape index (κ3) is 4.65.